The van der Waals surface area contributed by atoms with Crippen molar-refractivity contribution in [1.82, 2.24) is 0 Å². The molecule has 0 aliphatic carbocycles. The van der Waals surface area contributed by atoms with Crippen molar-refractivity contribution < 1.29 is 19.1 Å². The maximum atomic E-state index is 12.2. The van der Waals surface area contributed by atoms with Gasteiger partial charge in [-0.25, -0.2) is 4.79 Å². The summed E-state index contributed by atoms with van der Waals surface area (Å²) in [5.74, 6) is -0.251. The van der Waals surface area contributed by atoms with E-state index >= 15 is 0 Å². The molecule has 6 nitrogen and oxygen atoms in total. The molecular formula is C17H13NO5. The fourth-order valence-electron chi connectivity index (χ4n) is 2.17. The molecule has 1 heterocycles. The van der Waals surface area contributed by atoms with Crippen LogP contribution in [0.25, 0.3) is 11.0 Å². The number of fused-ring (bicyclic) bond motifs is 1. The largest absolute Gasteiger partial charge is 0.505 e. The maximum absolute atomic E-state index is 12.2. The molecule has 0 radical (unpaired) electrons. The van der Waals surface area contributed by atoms with E-state index in [1.54, 1.807) is 48.5 Å². The Bertz CT molecular complexity index is 928. The lowest BCUT2D eigenvalue weighted by Crippen LogP contribution is -2.18. The Morgan fingerprint density at radius 1 is 1.13 bits per heavy atom. The molecule has 0 saturated carbocycles. The number of ether oxygens (including phenoxy) is 1. The van der Waals surface area contributed by atoms with Crippen LogP contribution in [0.2, 0.25) is 0 Å². The first-order valence-electron chi connectivity index (χ1n) is 6.80. The minimum absolute atomic E-state index is 0.248. The van der Waals surface area contributed by atoms with Crippen molar-refractivity contribution >= 4 is 22.6 Å². The smallest absolute Gasteiger partial charge is 0.364 e. The molecule has 1 amide bonds. The molecule has 2 N–H and O–H groups in total. The van der Waals surface area contributed by atoms with Gasteiger partial charge in [-0.05, 0) is 36.4 Å². The first kappa shape index (κ1) is 14.6. The molecule has 0 aliphatic rings. The third-order valence-corrected chi connectivity index (χ3v) is 3.38. The standard InChI is InChI=1S/C17H13NO5/c1-22-11-8-6-10(7-9-11)16(20)18-14-15(19)12-4-2-3-5-13(12)23-17(14)21/h2-9,19H,1H3,(H,18,20). The predicted octanol–water partition coefficient (Wildman–Crippen LogP) is 2.76. The Labute approximate surface area is 130 Å². The summed E-state index contributed by atoms with van der Waals surface area (Å²) < 4.78 is 10.1. The summed E-state index contributed by atoms with van der Waals surface area (Å²) in [6, 6.07) is 12.9. The van der Waals surface area contributed by atoms with E-state index < -0.39 is 11.5 Å². The molecule has 0 unspecified atom stereocenters. The minimum atomic E-state index is -0.817. The highest BCUT2D eigenvalue weighted by atomic mass is 16.5. The summed E-state index contributed by atoms with van der Waals surface area (Å²) in [7, 11) is 1.52. The zero-order valence-corrected chi connectivity index (χ0v) is 12.2. The topological polar surface area (TPSA) is 88.8 Å². The SMILES string of the molecule is COc1ccc(C(=O)Nc2c(O)c3ccccc3oc2=O)cc1. The molecule has 0 fully saturated rings. The van der Waals surface area contributed by atoms with Gasteiger partial charge in [-0.15, -0.1) is 0 Å². The molecule has 6 heteroatoms. The van der Waals surface area contributed by atoms with Gasteiger partial charge in [-0.2, -0.15) is 0 Å². The van der Waals surface area contributed by atoms with Crippen molar-refractivity contribution in [1.29, 1.82) is 0 Å². The number of carbonyl (C=O) groups is 1. The summed E-state index contributed by atoms with van der Waals surface area (Å²) in [6.07, 6.45) is 0. The van der Waals surface area contributed by atoms with Crippen molar-refractivity contribution in [2.75, 3.05) is 12.4 Å². The number of anilines is 1. The van der Waals surface area contributed by atoms with E-state index in [1.165, 1.54) is 7.11 Å². The van der Waals surface area contributed by atoms with E-state index in [-0.39, 0.29) is 17.0 Å². The molecule has 0 bridgehead atoms. The number of carbonyl (C=O) groups excluding carboxylic acids is 1. The van der Waals surface area contributed by atoms with Gasteiger partial charge in [0, 0.05) is 5.56 Å². The normalized spacial score (nSPS) is 10.5. The lowest BCUT2D eigenvalue weighted by Gasteiger charge is -2.08. The van der Waals surface area contributed by atoms with Crippen LogP contribution in [-0.4, -0.2) is 18.1 Å². The van der Waals surface area contributed by atoms with Crippen molar-refractivity contribution in [2.24, 2.45) is 0 Å². The second-order valence-corrected chi connectivity index (χ2v) is 4.79. The van der Waals surface area contributed by atoms with E-state index in [0.29, 0.717) is 16.7 Å². The fraction of sp³-hybridized carbons (Fsp3) is 0.0588. The van der Waals surface area contributed by atoms with Crippen LogP contribution >= 0.6 is 0 Å². The average molecular weight is 311 g/mol. The second kappa shape index (κ2) is 5.84. The summed E-state index contributed by atoms with van der Waals surface area (Å²) in [5, 5.41) is 12.9. The third kappa shape index (κ3) is 2.74. The number of rotatable bonds is 3. The van der Waals surface area contributed by atoms with Gasteiger partial charge in [0.05, 0.1) is 12.5 Å². The minimum Gasteiger partial charge on any atom is -0.505 e. The van der Waals surface area contributed by atoms with Crippen LogP contribution in [0.3, 0.4) is 0 Å². The molecule has 2 aromatic carbocycles. The van der Waals surface area contributed by atoms with Gasteiger partial charge >= 0.3 is 5.63 Å². The molecule has 3 aromatic rings. The van der Waals surface area contributed by atoms with Crippen LogP contribution < -0.4 is 15.7 Å². The molecule has 0 saturated heterocycles. The van der Waals surface area contributed by atoms with Gasteiger partial charge in [0.15, 0.2) is 11.4 Å². The highest BCUT2D eigenvalue weighted by Gasteiger charge is 2.17. The first-order chi connectivity index (χ1) is 11.1. The Morgan fingerprint density at radius 2 is 1.83 bits per heavy atom. The van der Waals surface area contributed by atoms with Crippen LogP contribution in [0.5, 0.6) is 11.5 Å². The fourth-order valence-corrected chi connectivity index (χ4v) is 2.17. The highest BCUT2D eigenvalue weighted by molar-refractivity contribution is 6.06. The molecule has 1 aromatic heterocycles. The van der Waals surface area contributed by atoms with Gasteiger partial charge in [-0.1, -0.05) is 12.1 Å². The van der Waals surface area contributed by atoms with E-state index in [4.69, 9.17) is 9.15 Å². The molecular weight excluding hydrogens is 298 g/mol. The summed E-state index contributed by atoms with van der Waals surface area (Å²) >= 11 is 0. The van der Waals surface area contributed by atoms with Gasteiger partial charge < -0.3 is 19.6 Å². The van der Waals surface area contributed by atoms with Crippen LogP contribution in [0.15, 0.2) is 57.7 Å². The van der Waals surface area contributed by atoms with Crippen LogP contribution in [0, 0.1) is 0 Å². The first-order valence-corrected chi connectivity index (χ1v) is 6.80. The zero-order valence-electron chi connectivity index (χ0n) is 12.2. The molecule has 0 aliphatic heterocycles. The molecule has 0 spiro atoms. The van der Waals surface area contributed by atoms with Gasteiger partial charge in [0.1, 0.15) is 11.3 Å². The van der Waals surface area contributed by atoms with Crippen molar-refractivity contribution in [3.63, 3.8) is 0 Å². The monoisotopic (exact) mass is 311 g/mol. The summed E-state index contributed by atoms with van der Waals surface area (Å²) in [4.78, 5) is 24.2. The Morgan fingerprint density at radius 3 is 2.52 bits per heavy atom. The maximum Gasteiger partial charge on any atom is 0.364 e. The number of benzene rings is 2. The second-order valence-electron chi connectivity index (χ2n) is 4.79. The van der Waals surface area contributed by atoms with Gasteiger partial charge in [0.25, 0.3) is 5.91 Å². The van der Waals surface area contributed by atoms with Crippen molar-refractivity contribution in [3.8, 4) is 11.5 Å². The lowest BCUT2D eigenvalue weighted by atomic mass is 10.2. The number of aromatic hydroxyl groups is 1. The Hall–Kier alpha value is -3.28. The Kier molecular flexibility index (Phi) is 3.72. The Balaban J connectivity index is 1.97. The van der Waals surface area contributed by atoms with Crippen LogP contribution in [-0.2, 0) is 0 Å². The predicted molar refractivity (Wildman–Crippen MR) is 85.1 cm³/mol. The lowest BCUT2D eigenvalue weighted by molar-refractivity contribution is 0.102. The van der Waals surface area contributed by atoms with Gasteiger partial charge in [0.2, 0.25) is 0 Å². The molecule has 0 atom stereocenters. The van der Waals surface area contributed by atoms with Crippen LogP contribution in [0.4, 0.5) is 5.69 Å². The molecule has 23 heavy (non-hydrogen) atoms. The summed E-state index contributed by atoms with van der Waals surface area (Å²) in [5.41, 5.74) is -0.539. The van der Waals surface area contributed by atoms with E-state index in [9.17, 15) is 14.7 Å². The summed E-state index contributed by atoms with van der Waals surface area (Å²) in [6.45, 7) is 0. The van der Waals surface area contributed by atoms with Crippen LogP contribution in [0.1, 0.15) is 10.4 Å². The van der Waals surface area contributed by atoms with Crippen molar-refractivity contribution in [2.45, 2.75) is 0 Å². The van der Waals surface area contributed by atoms with E-state index in [2.05, 4.69) is 5.32 Å². The molecule has 3 rings (SSSR count). The number of hydrogen-bond donors (Lipinski definition) is 2. The molecule has 116 valence electrons. The number of hydrogen-bond acceptors (Lipinski definition) is 5. The number of amides is 1. The third-order valence-electron chi connectivity index (χ3n) is 3.38. The zero-order chi connectivity index (χ0) is 16.4. The average Bonchev–Trinajstić information content (AvgIpc) is 2.58. The number of para-hydroxylation sites is 1. The number of methoxy groups -OCH3 is 1. The van der Waals surface area contributed by atoms with Crippen molar-refractivity contribution in [3.05, 3.63) is 64.5 Å². The highest BCUT2D eigenvalue weighted by Crippen LogP contribution is 2.29. The van der Waals surface area contributed by atoms with Gasteiger partial charge in [-0.3, -0.25) is 4.79 Å². The number of nitrogens with one attached hydrogen (secondary N) is 1. The van der Waals surface area contributed by atoms with E-state index in [1.807, 2.05) is 0 Å². The quantitative estimate of drug-likeness (QED) is 0.726. The van der Waals surface area contributed by atoms with E-state index in [0.717, 1.165) is 0 Å².